The molecule has 0 aliphatic heterocycles. The molecule has 31 heavy (non-hydrogen) atoms. The lowest BCUT2D eigenvalue weighted by atomic mass is 10.1. The van der Waals surface area contributed by atoms with Crippen LogP contribution in [-0.2, 0) is 14.3 Å². The summed E-state index contributed by atoms with van der Waals surface area (Å²) in [5.74, 6) is -0.666. The van der Waals surface area contributed by atoms with Crippen molar-refractivity contribution < 1.29 is 14.3 Å². The molecule has 0 saturated heterocycles. The van der Waals surface area contributed by atoms with Crippen LogP contribution in [0.3, 0.4) is 0 Å². The molecule has 0 spiro atoms. The molecule has 0 aliphatic rings. The van der Waals surface area contributed by atoms with Gasteiger partial charge in [-0.15, -0.1) is 11.8 Å². The third-order valence-electron chi connectivity index (χ3n) is 4.82. The third-order valence-corrected chi connectivity index (χ3v) is 6.97. The smallest absolute Gasteiger partial charge is 0.316 e. The monoisotopic (exact) mass is 500 g/mol. The Bertz CT molecular complexity index is 1050. The van der Waals surface area contributed by atoms with Crippen molar-refractivity contribution in [2.75, 3.05) is 35.7 Å². The second-order valence-electron chi connectivity index (χ2n) is 6.82. The molecule has 0 atom stereocenters. The standard InChI is InChI=1S/C24H25BrN2O3S/c1-3-27(4-2)19-12-10-18(11-13-19)26-22(28)15-30-23(29)16-31-21-14-9-17-7-5-6-8-20(17)24(21)25/h5-14H,3-4,15-16H2,1-2H3,(H,26,28). The fourth-order valence-electron chi connectivity index (χ4n) is 3.19. The van der Waals surface area contributed by atoms with Crippen molar-refractivity contribution in [2.24, 2.45) is 0 Å². The summed E-state index contributed by atoms with van der Waals surface area (Å²) in [5.41, 5.74) is 1.78. The van der Waals surface area contributed by atoms with Crippen LogP contribution in [0.5, 0.6) is 0 Å². The quantitative estimate of drug-likeness (QED) is 0.300. The van der Waals surface area contributed by atoms with Gasteiger partial charge >= 0.3 is 5.97 Å². The van der Waals surface area contributed by atoms with Crippen molar-refractivity contribution in [1.82, 2.24) is 0 Å². The van der Waals surface area contributed by atoms with E-state index in [1.165, 1.54) is 11.8 Å². The Labute approximate surface area is 195 Å². The van der Waals surface area contributed by atoms with Crippen molar-refractivity contribution in [3.8, 4) is 0 Å². The first-order valence-corrected chi connectivity index (χ1v) is 11.9. The summed E-state index contributed by atoms with van der Waals surface area (Å²) < 4.78 is 6.08. The van der Waals surface area contributed by atoms with E-state index in [0.717, 1.165) is 38.9 Å². The van der Waals surface area contributed by atoms with Crippen LogP contribution in [-0.4, -0.2) is 37.3 Å². The third kappa shape index (κ3) is 6.24. The zero-order valence-corrected chi connectivity index (χ0v) is 20.0. The zero-order valence-electron chi connectivity index (χ0n) is 17.6. The van der Waals surface area contributed by atoms with E-state index in [4.69, 9.17) is 4.74 Å². The van der Waals surface area contributed by atoms with Crippen molar-refractivity contribution in [2.45, 2.75) is 18.7 Å². The van der Waals surface area contributed by atoms with Gasteiger partial charge in [0.15, 0.2) is 6.61 Å². The van der Waals surface area contributed by atoms with Crippen LogP contribution in [0, 0.1) is 0 Å². The van der Waals surface area contributed by atoms with E-state index in [1.807, 2.05) is 60.7 Å². The topological polar surface area (TPSA) is 58.6 Å². The maximum Gasteiger partial charge on any atom is 0.316 e. The molecule has 1 amide bonds. The Balaban J connectivity index is 1.46. The van der Waals surface area contributed by atoms with Crippen LogP contribution in [0.2, 0.25) is 0 Å². The number of carbonyl (C=O) groups is 2. The highest BCUT2D eigenvalue weighted by Gasteiger charge is 2.11. The first kappa shape index (κ1) is 23.2. The molecule has 0 unspecified atom stereocenters. The minimum absolute atomic E-state index is 0.128. The van der Waals surface area contributed by atoms with Crippen LogP contribution in [0.1, 0.15) is 13.8 Å². The Hall–Kier alpha value is -2.51. The number of carbonyl (C=O) groups excluding carboxylic acids is 2. The number of esters is 1. The van der Waals surface area contributed by atoms with Crippen LogP contribution in [0.15, 0.2) is 70.0 Å². The Morgan fingerprint density at radius 2 is 1.71 bits per heavy atom. The molecule has 3 rings (SSSR count). The van der Waals surface area contributed by atoms with Gasteiger partial charge in [-0.25, -0.2) is 0 Å². The van der Waals surface area contributed by atoms with Crippen LogP contribution >= 0.6 is 27.7 Å². The summed E-state index contributed by atoms with van der Waals surface area (Å²) in [4.78, 5) is 27.4. The fraction of sp³-hybridized carbons (Fsp3) is 0.250. The zero-order chi connectivity index (χ0) is 22.2. The van der Waals surface area contributed by atoms with Crippen molar-refractivity contribution >= 4 is 61.7 Å². The van der Waals surface area contributed by atoms with Gasteiger partial charge in [0.1, 0.15) is 0 Å². The van der Waals surface area contributed by atoms with Gasteiger partial charge in [0.05, 0.1) is 5.75 Å². The molecule has 0 radical (unpaired) electrons. The van der Waals surface area contributed by atoms with E-state index >= 15 is 0 Å². The highest BCUT2D eigenvalue weighted by molar-refractivity contribution is 9.10. The van der Waals surface area contributed by atoms with Gasteiger partial charge in [0.2, 0.25) is 0 Å². The van der Waals surface area contributed by atoms with Gasteiger partial charge < -0.3 is 15.0 Å². The minimum Gasteiger partial charge on any atom is -0.455 e. The molecule has 0 saturated carbocycles. The Morgan fingerprint density at radius 1 is 1.00 bits per heavy atom. The maximum atomic E-state index is 12.1. The molecule has 0 heterocycles. The number of hydrogen-bond acceptors (Lipinski definition) is 5. The summed E-state index contributed by atoms with van der Waals surface area (Å²) in [7, 11) is 0. The molecule has 1 N–H and O–H groups in total. The number of thioether (sulfide) groups is 1. The van der Waals surface area contributed by atoms with Gasteiger partial charge in [-0.05, 0) is 70.9 Å². The van der Waals surface area contributed by atoms with Gasteiger partial charge in [-0.3, -0.25) is 9.59 Å². The Kier molecular flexibility index (Phi) is 8.37. The lowest BCUT2D eigenvalue weighted by molar-refractivity contribution is -0.144. The normalized spacial score (nSPS) is 10.7. The lowest BCUT2D eigenvalue weighted by Gasteiger charge is -2.21. The molecular weight excluding hydrogens is 476 g/mol. The first-order valence-electron chi connectivity index (χ1n) is 10.1. The number of nitrogens with zero attached hydrogens (tertiary/aromatic N) is 1. The largest absolute Gasteiger partial charge is 0.455 e. The lowest BCUT2D eigenvalue weighted by Crippen LogP contribution is -2.22. The number of rotatable bonds is 9. The molecule has 5 nitrogen and oxygen atoms in total. The van der Waals surface area contributed by atoms with Gasteiger partial charge in [-0.2, -0.15) is 0 Å². The van der Waals surface area contributed by atoms with Gasteiger partial charge in [-0.1, -0.05) is 30.3 Å². The van der Waals surface area contributed by atoms with E-state index in [1.54, 1.807) is 0 Å². The van der Waals surface area contributed by atoms with E-state index < -0.39 is 5.97 Å². The number of amides is 1. The molecule has 0 aromatic heterocycles. The van der Waals surface area contributed by atoms with Crippen molar-refractivity contribution in [3.63, 3.8) is 0 Å². The average molecular weight is 501 g/mol. The molecule has 3 aromatic carbocycles. The predicted octanol–water partition coefficient (Wildman–Crippen LogP) is 5.72. The molecule has 7 heteroatoms. The molecule has 0 fully saturated rings. The van der Waals surface area contributed by atoms with Crippen LogP contribution < -0.4 is 10.2 Å². The van der Waals surface area contributed by atoms with Crippen molar-refractivity contribution in [3.05, 3.63) is 65.1 Å². The van der Waals surface area contributed by atoms with Crippen LogP contribution in [0.4, 0.5) is 11.4 Å². The summed E-state index contributed by atoms with van der Waals surface area (Å²) in [6, 6.07) is 19.7. The number of anilines is 2. The molecule has 0 bridgehead atoms. The second-order valence-corrected chi connectivity index (χ2v) is 8.63. The summed E-state index contributed by atoms with van der Waals surface area (Å²) in [5, 5.41) is 4.97. The van der Waals surface area contributed by atoms with Crippen molar-refractivity contribution in [1.29, 1.82) is 0 Å². The summed E-state index contributed by atoms with van der Waals surface area (Å²) >= 11 is 4.99. The summed E-state index contributed by atoms with van der Waals surface area (Å²) in [6.45, 7) is 5.74. The number of fused-ring (bicyclic) bond motifs is 1. The molecular formula is C24H25BrN2O3S. The second kappa shape index (κ2) is 11.2. The van der Waals surface area contributed by atoms with E-state index in [2.05, 4.69) is 40.0 Å². The number of hydrogen-bond donors (Lipinski definition) is 1. The predicted molar refractivity (Wildman–Crippen MR) is 132 cm³/mol. The minimum atomic E-state index is -0.433. The van der Waals surface area contributed by atoms with Gasteiger partial charge in [0.25, 0.3) is 5.91 Å². The SMILES string of the molecule is CCN(CC)c1ccc(NC(=O)COC(=O)CSc2ccc3ccccc3c2Br)cc1. The molecule has 0 aliphatic carbocycles. The van der Waals surface area contributed by atoms with Crippen LogP contribution in [0.25, 0.3) is 10.8 Å². The Morgan fingerprint density at radius 3 is 2.42 bits per heavy atom. The van der Waals surface area contributed by atoms with E-state index in [9.17, 15) is 9.59 Å². The number of halogens is 1. The average Bonchev–Trinajstić information content (AvgIpc) is 2.79. The highest BCUT2D eigenvalue weighted by atomic mass is 79.9. The first-order chi connectivity index (χ1) is 15.0. The number of ether oxygens (including phenoxy) is 1. The van der Waals surface area contributed by atoms with Gasteiger partial charge in [0, 0.05) is 33.8 Å². The number of benzene rings is 3. The van der Waals surface area contributed by atoms with E-state index in [-0.39, 0.29) is 18.3 Å². The fourth-order valence-corrected chi connectivity index (χ4v) is 4.79. The maximum absolute atomic E-state index is 12.1. The number of nitrogens with one attached hydrogen (secondary N) is 1. The highest BCUT2D eigenvalue weighted by Crippen LogP contribution is 2.34. The molecule has 162 valence electrons. The van der Waals surface area contributed by atoms with E-state index in [0.29, 0.717) is 5.69 Å². The molecule has 3 aromatic rings. The summed E-state index contributed by atoms with van der Waals surface area (Å²) in [6.07, 6.45) is 0.